The fraction of sp³-hybridized carbons (Fsp3) is 0.385. The Morgan fingerprint density at radius 2 is 2.26 bits per heavy atom. The molecule has 2 aromatic rings. The number of aryl methyl sites for hydroxylation is 1. The smallest absolute Gasteiger partial charge is 0.170 e. The lowest BCUT2D eigenvalue weighted by Gasteiger charge is -2.21. The summed E-state index contributed by atoms with van der Waals surface area (Å²) in [5, 5.41) is 0.204. The zero-order valence-corrected chi connectivity index (χ0v) is 14.1. The SMILES string of the molecule is CCC(N)C(Sc1nc(C)ns1)c1cccc(Br)c1. The number of nitrogens with zero attached hydrogens (tertiary/aromatic N) is 2. The largest absolute Gasteiger partial charge is 0.326 e. The summed E-state index contributed by atoms with van der Waals surface area (Å²) in [6.45, 7) is 4.02. The second-order valence-electron chi connectivity index (χ2n) is 4.27. The van der Waals surface area contributed by atoms with Crippen LogP contribution in [0.2, 0.25) is 0 Å². The first-order valence-electron chi connectivity index (χ1n) is 6.08. The lowest BCUT2D eigenvalue weighted by Crippen LogP contribution is -2.25. The van der Waals surface area contributed by atoms with Crippen molar-refractivity contribution in [3.8, 4) is 0 Å². The molecule has 2 rings (SSSR count). The molecular weight excluding hydrogens is 342 g/mol. The highest BCUT2D eigenvalue weighted by molar-refractivity contribution is 9.10. The molecule has 2 atom stereocenters. The first-order valence-corrected chi connectivity index (χ1v) is 8.52. The zero-order valence-electron chi connectivity index (χ0n) is 10.8. The fourth-order valence-electron chi connectivity index (χ4n) is 1.73. The van der Waals surface area contributed by atoms with Crippen molar-refractivity contribution < 1.29 is 0 Å². The van der Waals surface area contributed by atoms with Crippen LogP contribution in [0.25, 0.3) is 0 Å². The van der Waals surface area contributed by atoms with Gasteiger partial charge < -0.3 is 5.73 Å². The average Bonchev–Trinajstić information content (AvgIpc) is 2.80. The summed E-state index contributed by atoms with van der Waals surface area (Å²) in [4.78, 5) is 4.42. The molecule has 0 radical (unpaired) electrons. The van der Waals surface area contributed by atoms with E-state index in [0.717, 1.165) is 21.1 Å². The van der Waals surface area contributed by atoms with Crippen molar-refractivity contribution in [1.29, 1.82) is 0 Å². The number of benzene rings is 1. The van der Waals surface area contributed by atoms with E-state index in [1.54, 1.807) is 11.8 Å². The maximum Gasteiger partial charge on any atom is 0.170 e. The first kappa shape index (κ1) is 15.0. The van der Waals surface area contributed by atoms with Crippen LogP contribution >= 0.6 is 39.2 Å². The average molecular weight is 358 g/mol. The van der Waals surface area contributed by atoms with Gasteiger partial charge in [-0.3, -0.25) is 0 Å². The highest BCUT2D eigenvalue weighted by Gasteiger charge is 2.21. The number of aromatic nitrogens is 2. The van der Waals surface area contributed by atoms with E-state index in [9.17, 15) is 0 Å². The molecule has 2 unspecified atom stereocenters. The number of hydrogen-bond donors (Lipinski definition) is 1. The van der Waals surface area contributed by atoms with E-state index in [1.807, 2.05) is 19.1 Å². The summed E-state index contributed by atoms with van der Waals surface area (Å²) in [5.41, 5.74) is 7.50. The molecule has 1 aromatic carbocycles. The summed E-state index contributed by atoms with van der Waals surface area (Å²) < 4.78 is 6.28. The molecule has 6 heteroatoms. The summed E-state index contributed by atoms with van der Waals surface area (Å²) in [7, 11) is 0. The van der Waals surface area contributed by atoms with E-state index in [4.69, 9.17) is 5.73 Å². The Kier molecular flexibility index (Phi) is 5.38. The van der Waals surface area contributed by atoms with Gasteiger partial charge in [-0.25, -0.2) is 4.98 Å². The molecule has 0 bridgehead atoms. The predicted molar refractivity (Wildman–Crippen MR) is 85.7 cm³/mol. The van der Waals surface area contributed by atoms with E-state index in [2.05, 4.69) is 44.3 Å². The molecule has 0 aliphatic rings. The Labute approximate surface area is 130 Å². The fourth-order valence-corrected chi connectivity index (χ4v) is 4.22. The van der Waals surface area contributed by atoms with Gasteiger partial charge in [-0.05, 0) is 42.6 Å². The van der Waals surface area contributed by atoms with Crippen LogP contribution in [0.15, 0.2) is 33.1 Å². The van der Waals surface area contributed by atoms with Gasteiger partial charge in [0, 0.05) is 10.5 Å². The number of rotatable bonds is 5. The molecule has 0 spiro atoms. The summed E-state index contributed by atoms with van der Waals surface area (Å²) in [6.07, 6.45) is 0.933. The van der Waals surface area contributed by atoms with Gasteiger partial charge in [0.05, 0.1) is 5.25 Å². The summed E-state index contributed by atoms with van der Waals surface area (Å²) >= 11 is 6.66. The number of halogens is 1. The van der Waals surface area contributed by atoms with Crippen LogP contribution in [-0.4, -0.2) is 15.4 Å². The second kappa shape index (κ2) is 6.83. The van der Waals surface area contributed by atoms with Gasteiger partial charge >= 0.3 is 0 Å². The topological polar surface area (TPSA) is 51.8 Å². The van der Waals surface area contributed by atoms with Gasteiger partial charge in [-0.2, -0.15) is 4.37 Å². The third-order valence-electron chi connectivity index (χ3n) is 2.77. The van der Waals surface area contributed by atoms with Gasteiger partial charge in [0.15, 0.2) is 4.34 Å². The monoisotopic (exact) mass is 357 g/mol. The van der Waals surface area contributed by atoms with E-state index in [0.29, 0.717) is 0 Å². The van der Waals surface area contributed by atoms with Gasteiger partial charge in [-0.15, -0.1) is 0 Å². The molecule has 0 aliphatic carbocycles. The van der Waals surface area contributed by atoms with Crippen LogP contribution in [0.4, 0.5) is 0 Å². The van der Waals surface area contributed by atoms with Crippen molar-refractivity contribution in [1.82, 2.24) is 9.36 Å². The molecule has 0 saturated heterocycles. The van der Waals surface area contributed by atoms with Gasteiger partial charge in [0.25, 0.3) is 0 Å². The van der Waals surface area contributed by atoms with E-state index in [1.165, 1.54) is 17.1 Å². The predicted octanol–water partition coefficient (Wildman–Crippen LogP) is 4.18. The molecule has 0 saturated carbocycles. The normalized spacial score (nSPS) is 14.3. The van der Waals surface area contributed by atoms with Crippen LogP contribution in [0.5, 0.6) is 0 Å². The number of nitrogens with two attached hydrogens (primary N) is 1. The zero-order chi connectivity index (χ0) is 13.8. The van der Waals surface area contributed by atoms with Gasteiger partial charge in [-0.1, -0.05) is 46.7 Å². The van der Waals surface area contributed by atoms with Crippen LogP contribution in [0.1, 0.15) is 30.0 Å². The van der Waals surface area contributed by atoms with Crippen molar-refractivity contribution in [2.75, 3.05) is 0 Å². The van der Waals surface area contributed by atoms with Crippen LogP contribution in [0, 0.1) is 6.92 Å². The summed E-state index contributed by atoms with van der Waals surface area (Å²) in [6, 6.07) is 8.41. The summed E-state index contributed by atoms with van der Waals surface area (Å²) in [5.74, 6) is 0.825. The maximum atomic E-state index is 6.27. The first-order chi connectivity index (χ1) is 9.10. The van der Waals surface area contributed by atoms with Crippen LogP contribution < -0.4 is 5.73 Å². The molecule has 1 heterocycles. The van der Waals surface area contributed by atoms with Crippen molar-refractivity contribution >= 4 is 39.2 Å². The van der Waals surface area contributed by atoms with Gasteiger partial charge in [0.1, 0.15) is 5.82 Å². The Bertz CT molecular complexity index is 544. The molecule has 1 aromatic heterocycles. The number of thioether (sulfide) groups is 1. The maximum absolute atomic E-state index is 6.27. The molecule has 0 aliphatic heterocycles. The van der Waals surface area contributed by atoms with E-state index >= 15 is 0 Å². The van der Waals surface area contributed by atoms with Crippen molar-refractivity contribution in [3.63, 3.8) is 0 Å². The van der Waals surface area contributed by atoms with Crippen LogP contribution in [-0.2, 0) is 0 Å². The molecule has 0 fully saturated rings. The Hall–Kier alpha value is -0.430. The Balaban J connectivity index is 2.25. The van der Waals surface area contributed by atoms with E-state index < -0.39 is 0 Å². The Morgan fingerprint density at radius 3 is 2.84 bits per heavy atom. The molecule has 102 valence electrons. The molecular formula is C13H16BrN3S2. The molecule has 2 N–H and O–H groups in total. The van der Waals surface area contributed by atoms with Gasteiger partial charge in [0.2, 0.25) is 0 Å². The standard InChI is InChI=1S/C13H16BrN3S2/c1-3-11(15)12(9-5-4-6-10(14)7-9)18-13-16-8(2)17-19-13/h4-7,11-12H,3,15H2,1-2H3. The van der Waals surface area contributed by atoms with Crippen molar-refractivity contribution in [2.24, 2.45) is 5.73 Å². The quantitative estimate of drug-likeness (QED) is 0.815. The highest BCUT2D eigenvalue weighted by Crippen LogP contribution is 2.39. The van der Waals surface area contributed by atoms with Crippen molar-refractivity contribution in [3.05, 3.63) is 40.1 Å². The number of hydrogen-bond acceptors (Lipinski definition) is 5. The lowest BCUT2D eigenvalue weighted by atomic mass is 10.0. The molecule has 0 amide bonds. The Morgan fingerprint density at radius 1 is 1.47 bits per heavy atom. The third kappa shape index (κ3) is 4.02. The van der Waals surface area contributed by atoms with Crippen LogP contribution in [0.3, 0.4) is 0 Å². The second-order valence-corrected chi connectivity index (χ2v) is 7.33. The third-order valence-corrected chi connectivity index (χ3v) is 5.55. The molecule has 19 heavy (non-hydrogen) atoms. The van der Waals surface area contributed by atoms with E-state index in [-0.39, 0.29) is 11.3 Å². The van der Waals surface area contributed by atoms with Crippen molar-refractivity contribution in [2.45, 2.75) is 35.9 Å². The minimum atomic E-state index is 0.100. The minimum Gasteiger partial charge on any atom is -0.326 e. The minimum absolute atomic E-state index is 0.100. The lowest BCUT2D eigenvalue weighted by molar-refractivity contribution is 0.634. The highest BCUT2D eigenvalue weighted by atomic mass is 79.9. The molecule has 3 nitrogen and oxygen atoms in total.